The van der Waals surface area contributed by atoms with E-state index < -0.39 is 12.0 Å². The molecular weight excluding hydrogens is 408 g/mol. The molecule has 0 unspecified atom stereocenters. The standard InChI is InChI=1S/C23H20N6O3/c30-22(31)21-18-12-15(16-4-3-9-24-13-16)5-7-19(18)29(27-21)23(32)26-17-6-8-20(25-14-17)28-10-1-2-11-28/h3-9,12-14H,1-2,10-11H2,(H,26,32)(H,30,31). The molecule has 4 heterocycles. The van der Waals surface area contributed by atoms with Crippen LogP contribution in [0.3, 0.4) is 0 Å². The Morgan fingerprint density at radius 1 is 1.00 bits per heavy atom. The second kappa shape index (κ2) is 8.10. The number of carbonyl (C=O) groups excluding carboxylic acids is 1. The number of benzene rings is 1. The Kier molecular flexibility index (Phi) is 4.98. The van der Waals surface area contributed by atoms with Crippen molar-refractivity contribution in [2.24, 2.45) is 0 Å². The largest absolute Gasteiger partial charge is 0.476 e. The fourth-order valence-corrected chi connectivity index (χ4v) is 3.91. The van der Waals surface area contributed by atoms with Gasteiger partial charge in [-0.1, -0.05) is 12.1 Å². The third kappa shape index (κ3) is 3.64. The predicted molar refractivity (Wildman–Crippen MR) is 120 cm³/mol. The first kappa shape index (κ1) is 19.7. The van der Waals surface area contributed by atoms with Crippen LogP contribution < -0.4 is 10.2 Å². The number of nitrogens with zero attached hydrogens (tertiary/aromatic N) is 5. The molecule has 0 bridgehead atoms. The Labute approximate surface area is 183 Å². The number of rotatable bonds is 4. The molecule has 0 aliphatic carbocycles. The van der Waals surface area contributed by atoms with Crippen molar-refractivity contribution in [1.82, 2.24) is 19.7 Å². The highest BCUT2D eigenvalue weighted by molar-refractivity contribution is 6.06. The van der Waals surface area contributed by atoms with Crippen LogP contribution in [-0.4, -0.2) is 49.9 Å². The summed E-state index contributed by atoms with van der Waals surface area (Å²) in [5.74, 6) is -0.331. The van der Waals surface area contributed by atoms with Crippen LogP contribution in [0.4, 0.5) is 16.3 Å². The van der Waals surface area contributed by atoms with Crippen LogP contribution >= 0.6 is 0 Å². The molecule has 1 aliphatic rings. The van der Waals surface area contributed by atoms with Gasteiger partial charge >= 0.3 is 12.0 Å². The lowest BCUT2D eigenvalue weighted by Gasteiger charge is -2.16. The van der Waals surface area contributed by atoms with Crippen LogP contribution in [0.1, 0.15) is 23.3 Å². The van der Waals surface area contributed by atoms with Crippen molar-refractivity contribution in [3.8, 4) is 11.1 Å². The number of carboxylic acid groups (broad SMARTS) is 1. The van der Waals surface area contributed by atoms with Crippen molar-refractivity contribution in [3.63, 3.8) is 0 Å². The van der Waals surface area contributed by atoms with Crippen molar-refractivity contribution in [2.45, 2.75) is 12.8 Å². The van der Waals surface area contributed by atoms with Crippen LogP contribution in [-0.2, 0) is 0 Å². The molecule has 1 aromatic carbocycles. The number of pyridine rings is 2. The van der Waals surface area contributed by atoms with Crippen LogP contribution in [0.25, 0.3) is 22.0 Å². The van der Waals surface area contributed by atoms with Gasteiger partial charge in [0.2, 0.25) is 0 Å². The van der Waals surface area contributed by atoms with Crippen LogP contribution in [0.5, 0.6) is 0 Å². The molecule has 1 saturated heterocycles. The van der Waals surface area contributed by atoms with E-state index in [2.05, 4.69) is 25.3 Å². The highest BCUT2D eigenvalue weighted by Crippen LogP contribution is 2.27. The molecule has 1 aliphatic heterocycles. The molecule has 0 spiro atoms. The molecule has 1 amide bonds. The molecule has 3 aromatic heterocycles. The molecule has 9 nitrogen and oxygen atoms in total. The van der Waals surface area contributed by atoms with Gasteiger partial charge in [-0.25, -0.2) is 14.6 Å². The second-order valence-corrected chi connectivity index (χ2v) is 7.57. The monoisotopic (exact) mass is 428 g/mol. The lowest BCUT2D eigenvalue weighted by molar-refractivity contribution is 0.0692. The van der Waals surface area contributed by atoms with E-state index in [9.17, 15) is 14.7 Å². The summed E-state index contributed by atoms with van der Waals surface area (Å²) < 4.78 is 1.07. The topological polar surface area (TPSA) is 113 Å². The smallest absolute Gasteiger partial charge is 0.357 e. The zero-order chi connectivity index (χ0) is 22.1. The summed E-state index contributed by atoms with van der Waals surface area (Å²) in [6.07, 6.45) is 7.26. The quantitative estimate of drug-likeness (QED) is 0.507. The van der Waals surface area contributed by atoms with Gasteiger partial charge in [0, 0.05) is 36.4 Å². The predicted octanol–water partition coefficient (Wildman–Crippen LogP) is 3.87. The number of aromatic nitrogens is 4. The van der Waals surface area contributed by atoms with Crippen molar-refractivity contribution in [3.05, 3.63) is 66.7 Å². The number of carboxylic acids is 1. The van der Waals surface area contributed by atoms with Crippen LogP contribution in [0.15, 0.2) is 61.1 Å². The lowest BCUT2D eigenvalue weighted by atomic mass is 10.0. The van der Waals surface area contributed by atoms with Gasteiger partial charge in [-0.15, -0.1) is 0 Å². The highest BCUT2D eigenvalue weighted by Gasteiger charge is 2.21. The first-order chi connectivity index (χ1) is 15.6. The number of amides is 1. The first-order valence-corrected chi connectivity index (χ1v) is 10.3. The van der Waals surface area contributed by atoms with Crippen LogP contribution in [0.2, 0.25) is 0 Å². The molecule has 5 rings (SSSR count). The summed E-state index contributed by atoms with van der Waals surface area (Å²) in [4.78, 5) is 35.4. The maximum Gasteiger partial charge on any atom is 0.357 e. The van der Waals surface area contributed by atoms with E-state index in [1.54, 1.807) is 42.9 Å². The van der Waals surface area contributed by atoms with Gasteiger partial charge in [-0.3, -0.25) is 4.98 Å². The Hall–Kier alpha value is -4.27. The molecule has 32 heavy (non-hydrogen) atoms. The van der Waals surface area contributed by atoms with Crippen molar-refractivity contribution >= 4 is 34.4 Å². The zero-order valence-corrected chi connectivity index (χ0v) is 17.1. The summed E-state index contributed by atoms with van der Waals surface area (Å²) in [6, 6.07) is 12.0. The summed E-state index contributed by atoms with van der Waals surface area (Å²) in [5, 5.41) is 16.8. The molecule has 1 fully saturated rings. The molecule has 2 N–H and O–H groups in total. The zero-order valence-electron chi connectivity index (χ0n) is 17.1. The minimum Gasteiger partial charge on any atom is -0.476 e. The Balaban J connectivity index is 1.45. The van der Waals surface area contributed by atoms with Crippen molar-refractivity contribution in [1.29, 1.82) is 0 Å². The molecule has 9 heteroatoms. The van der Waals surface area contributed by atoms with Crippen molar-refractivity contribution in [2.75, 3.05) is 23.3 Å². The SMILES string of the molecule is O=C(O)c1nn(C(=O)Nc2ccc(N3CCCC3)nc2)c2ccc(-c3cccnc3)cc12. The molecular formula is C23H20N6O3. The van der Waals surface area contributed by atoms with E-state index in [1.165, 1.54) is 0 Å². The fraction of sp³-hybridized carbons (Fsp3) is 0.174. The van der Waals surface area contributed by atoms with Gasteiger partial charge in [-0.05, 0) is 48.7 Å². The number of aromatic carboxylic acids is 1. The number of fused-ring (bicyclic) bond motifs is 1. The molecule has 0 radical (unpaired) electrons. The van der Waals surface area contributed by atoms with E-state index in [1.807, 2.05) is 18.2 Å². The van der Waals surface area contributed by atoms with Crippen molar-refractivity contribution < 1.29 is 14.7 Å². The first-order valence-electron chi connectivity index (χ1n) is 10.3. The van der Waals surface area contributed by atoms with Gasteiger partial charge in [0.25, 0.3) is 0 Å². The third-order valence-corrected chi connectivity index (χ3v) is 5.50. The second-order valence-electron chi connectivity index (χ2n) is 7.57. The average Bonchev–Trinajstić information content (AvgIpc) is 3.48. The molecule has 0 saturated carbocycles. The van der Waals surface area contributed by atoms with Gasteiger partial charge < -0.3 is 15.3 Å². The maximum atomic E-state index is 12.9. The van der Waals surface area contributed by atoms with E-state index in [4.69, 9.17) is 0 Å². The number of hydrogen-bond acceptors (Lipinski definition) is 6. The fourth-order valence-electron chi connectivity index (χ4n) is 3.91. The number of hydrogen-bond donors (Lipinski definition) is 2. The molecule has 4 aromatic rings. The summed E-state index contributed by atoms with van der Waals surface area (Å²) in [5.41, 5.74) is 2.34. The summed E-state index contributed by atoms with van der Waals surface area (Å²) in [6.45, 7) is 1.97. The average molecular weight is 428 g/mol. The third-order valence-electron chi connectivity index (χ3n) is 5.50. The molecule has 0 atom stereocenters. The van der Waals surface area contributed by atoms with E-state index in [-0.39, 0.29) is 5.69 Å². The van der Waals surface area contributed by atoms with E-state index in [0.29, 0.717) is 16.6 Å². The Morgan fingerprint density at radius 2 is 1.84 bits per heavy atom. The summed E-state index contributed by atoms with van der Waals surface area (Å²) in [7, 11) is 0. The normalized spacial score (nSPS) is 13.4. The number of nitrogens with one attached hydrogen (secondary N) is 1. The van der Waals surface area contributed by atoms with Crippen LogP contribution in [0, 0.1) is 0 Å². The van der Waals surface area contributed by atoms with Gasteiger partial charge in [0.1, 0.15) is 5.82 Å². The lowest BCUT2D eigenvalue weighted by Crippen LogP contribution is -2.22. The minimum absolute atomic E-state index is 0.191. The van der Waals surface area contributed by atoms with E-state index >= 15 is 0 Å². The highest BCUT2D eigenvalue weighted by atomic mass is 16.4. The minimum atomic E-state index is -1.21. The number of anilines is 2. The maximum absolute atomic E-state index is 12.9. The number of carbonyl (C=O) groups is 2. The van der Waals surface area contributed by atoms with E-state index in [0.717, 1.165) is 47.6 Å². The van der Waals surface area contributed by atoms with Gasteiger partial charge in [-0.2, -0.15) is 9.78 Å². The van der Waals surface area contributed by atoms with Gasteiger partial charge in [0.15, 0.2) is 5.69 Å². The summed E-state index contributed by atoms with van der Waals surface area (Å²) >= 11 is 0. The molecule has 160 valence electrons. The van der Waals surface area contributed by atoms with Gasteiger partial charge in [0.05, 0.1) is 17.4 Å². The Morgan fingerprint density at radius 3 is 2.53 bits per heavy atom. The Bertz CT molecular complexity index is 1290.